The van der Waals surface area contributed by atoms with E-state index in [-0.39, 0.29) is 11.4 Å². The molecule has 3 nitrogen and oxygen atoms in total. The lowest BCUT2D eigenvalue weighted by molar-refractivity contribution is 0.0696. The van der Waals surface area contributed by atoms with E-state index >= 15 is 0 Å². The quantitative estimate of drug-likeness (QED) is 0.896. The molecule has 0 unspecified atom stereocenters. The van der Waals surface area contributed by atoms with Gasteiger partial charge in [-0.25, -0.2) is 9.18 Å². The van der Waals surface area contributed by atoms with Gasteiger partial charge in [0.05, 0.1) is 11.3 Å². The highest BCUT2D eigenvalue weighted by atomic mass is 19.1. The minimum absolute atomic E-state index is 0.204. The fourth-order valence-electron chi connectivity index (χ4n) is 3.68. The molecule has 0 aromatic heterocycles. The van der Waals surface area contributed by atoms with E-state index in [1.165, 1.54) is 56.7 Å². The summed E-state index contributed by atoms with van der Waals surface area (Å²) in [4.78, 5) is 13.3. The molecule has 1 spiro atoms. The number of aromatic carboxylic acids is 1. The van der Waals surface area contributed by atoms with E-state index in [4.69, 9.17) is 0 Å². The summed E-state index contributed by atoms with van der Waals surface area (Å²) in [7, 11) is 0. The van der Waals surface area contributed by atoms with Gasteiger partial charge in [-0.05, 0) is 31.0 Å². The molecule has 4 heteroatoms. The van der Waals surface area contributed by atoms with E-state index in [0.29, 0.717) is 11.1 Å². The fraction of sp³-hybridized carbons (Fsp3) is 0.562. The summed E-state index contributed by atoms with van der Waals surface area (Å²) in [6, 6.07) is 3.94. The maximum atomic E-state index is 13.4. The second-order valence-electron chi connectivity index (χ2n) is 6.24. The van der Waals surface area contributed by atoms with Gasteiger partial charge in [-0.2, -0.15) is 0 Å². The zero-order chi connectivity index (χ0) is 14.2. The molecule has 1 saturated heterocycles. The van der Waals surface area contributed by atoms with Crippen molar-refractivity contribution in [2.24, 2.45) is 5.41 Å². The molecule has 1 aliphatic heterocycles. The van der Waals surface area contributed by atoms with Crippen molar-refractivity contribution in [1.29, 1.82) is 0 Å². The Morgan fingerprint density at radius 1 is 1.15 bits per heavy atom. The average Bonchev–Trinajstić information content (AvgIpc) is 2.62. The van der Waals surface area contributed by atoms with Crippen LogP contribution in [0.2, 0.25) is 0 Å². The maximum absolute atomic E-state index is 13.4. The molecule has 1 aromatic rings. The summed E-state index contributed by atoms with van der Waals surface area (Å²) in [5, 5.41) is 9.22. The molecule has 1 saturated carbocycles. The summed E-state index contributed by atoms with van der Waals surface area (Å²) < 4.78 is 13.4. The number of anilines is 1. The number of hydrogen-bond donors (Lipinski definition) is 1. The molecule has 0 atom stereocenters. The molecule has 1 N–H and O–H groups in total. The molecule has 2 fully saturated rings. The Hall–Kier alpha value is -1.58. The number of rotatable bonds is 2. The third-order valence-corrected chi connectivity index (χ3v) is 4.75. The van der Waals surface area contributed by atoms with Crippen LogP contribution in [0.4, 0.5) is 10.1 Å². The fourth-order valence-corrected chi connectivity index (χ4v) is 3.68. The predicted molar refractivity (Wildman–Crippen MR) is 75.7 cm³/mol. The number of carboxylic acid groups (broad SMARTS) is 1. The van der Waals surface area contributed by atoms with Gasteiger partial charge in [-0.3, -0.25) is 0 Å². The van der Waals surface area contributed by atoms with Crippen molar-refractivity contribution in [3.63, 3.8) is 0 Å². The van der Waals surface area contributed by atoms with Crippen molar-refractivity contribution in [3.8, 4) is 0 Å². The molecule has 3 rings (SSSR count). The van der Waals surface area contributed by atoms with E-state index in [2.05, 4.69) is 0 Å². The minimum Gasteiger partial charge on any atom is -0.478 e. The Balaban J connectivity index is 1.79. The number of nitrogens with zero attached hydrogens (tertiary/aromatic N) is 1. The van der Waals surface area contributed by atoms with Crippen LogP contribution in [0.25, 0.3) is 0 Å². The van der Waals surface area contributed by atoms with Gasteiger partial charge in [0.2, 0.25) is 0 Å². The summed E-state index contributed by atoms with van der Waals surface area (Å²) in [6.45, 7) is 1.74. The van der Waals surface area contributed by atoms with Gasteiger partial charge in [0.25, 0.3) is 0 Å². The molecule has 1 heterocycles. The van der Waals surface area contributed by atoms with Crippen molar-refractivity contribution < 1.29 is 14.3 Å². The number of carbonyl (C=O) groups is 1. The molecule has 1 aromatic carbocycles. The number of carboxylic acids is 1. The van der Waals surface area contributed by atoms with Crippen LogP contribution >= 0.6 is 0 Å². The summed E-state index contributed by atoms with van der Waals surface area (Å²) in [5.41, 5.74) is 1.08. The van der Waals surface area contributed by atoms with Crippen LogP contribution in [-0.2, 0) is 0 Å². The number of halogens is 1. The standard InChI is InChI=1S/C16H20FNO2/c17-12-5-6-13(15(19)20)14(9-12)18-10-16(11-18)7-3-1-2-4-8-16/h5-6,9H,1-4,7-8,10-11H2,(H,19,20). The molecule has 1 aliphatic carbocycles. The molecule has 20 heavy (non-hydrogen) atoms. The maximum Gasteiger partial charge on any atom is 0.337 e. The van der Waals surface area contributed by atoms with Crippen molar-refractivity contribution in [2.45, 2.75) is 38.5 Å². The molecule has 108 valence electrons. The van der Waals surface area contributed by atoms with E-state index in [0.717, 1.165) is 13.1 Å². The summed E-state index contributed by atoms with van der Waals surface area (Å²) in [6.07, 6.45) is 7.60. The van der Waals surface area contributed by atoms with Gasteiger partial charge in [0, 0.05) is 18.5 Å². The highest BCUT2D eigenvalue weighted by molar-refractivity contribution is 5.94. The Bertz CT molecular complexity index is 513. The number of benzene rings is 1. The van der Waals surface area contributed by atoms with Crippen molar-refractivity contribution in [3.05, 3.63) is 29.6 Å². The normalized spacial score (nSPS) is 21.4. The molecular weight excluding hydrogens is 257 g/mol. The highest BCUT2D eigenvalue weighted by Crippen LogP contribution is 2.45. The molecule has 0 radical (unpaired) electrons. The first kappa shape index (κ1) is 13.4. The van der Waals surface area contributed by atoms with Gasteiger partial charge in [-0.1, -0.05) is 25.7 Å². The van der Waals surface area contributed by atoms with E-state index in [1.54, 1.807) is 0 Å². The van der Waals surface area contributed by atoms with Gasteiger partial charge in [0.15, 0.2) is 0 Å². The average molecular weight is 277 g/mol. The molecule has 0 bridgehead atoms. The topological polar surface area (TPSA) is 40.5 Å². The van der Waals surface area contributed by atoms with Crippen LogP contribution in [0.5, 0.6) is 0 Å². The van der Waals surface area contributed by atoms with E-state index in [1.807, 2.05) is 4.90 Å². The van der Waals surface area contributed by atoms with Crippen LogP contribution in [0.3, 0.4) is 0 Å². The van der Waals surface area contributed by atoms with Gasteiger partial charge in [-0.15, -0.1) is 0 Å². The van der Waals surface area contributed by atoms with Crippen LogP contribution in [0.1, 0.15) is 48.9 Å². The van der Waals surface area contributed by atoms with Crippen LogP contribution in [0.15, 0.2) is 18.2 Å². The second kappa shape index (κ2) is 5.08. The van der Waals surface area contributed by atoms with Crippen LogP contribution in [0, 0.1) is 11.2 Å². The van der Waals surface area contributed by atoms with Gasteiger partial charge >= 0.3 is 5.97 Å². The van der Waals surface area contributed by atoms with Crippen molar-refractivity contribution in [2.75, 3.05) is 18.0 Å². The third-order valence-electron chi connectivity index (χ3n) is 4.75. The zero-order valence-corrected chi connectivity index (χ0v) is 11.6. The zero-order valence-electron chi connectivity index (χ0n) is 11.6. The Labute approximate surface area is 118 Å². The third kappa shape index (κ3) is 2.39. The SMILES string of the molecule is O=C(O)c1ccc(F)cc1N1CC2(CCCCCC2)C1. The molecule has 2 aliphatic rings. The smallest absolute Gasteiger partial charge is 0.337 e. The first-order chi connectivity index (χ1) is 9.60. The summed E-state index contributed by atoms with van der Waals surface area (Å²) in [5.74, 6) is -1.35. The molecule has 0 amide bonds. The lowest BCUT2D eigenvalue weighted by atomic mass is 9.73. The Morgan fingerprint density at radius 2 is 1.80 bits per heavy atom. The van der Waals surface area contributed by atoms with E-state index in [9.17, 15) is 14.3 Å². The lowest BCUT2D eigenvalue weighted by Gasteiger charge is -2.52. The van der Waals surface area contributed by atoms with Crippen molar-refractivity contribution >= 4 is 11.7 Å². The minimum atomic E-state index is -0.984. The predicted octanol–water partition coefficient (Wildman–Crippen LogP) is 3.68. The van der Waals surface area contributed by atoms with Crippen molar-refractivity contribution in [1.82, 2.24) is 0 Å². The Morgan fingerprint density at radius 3 is 2.40 bits per heavy atom. The van der Waals surface area contributed by atoms with E-state index < -0.39 is 5.97 Å². The Kier molecular flexibility index (Phi) is 3.40. The van der Waals surface area contributed by atoms with Gasteiger partial charge in [0.1, 0.15) is 5.82 Å². The second-order valence-corrected chi connectivity index (χ2v) is 6.24. The first-order valence-corrected chi connectivity index (χ1v) is 7.38. The first-order valence-electron chi connectivity index (χ1n) is 7.38. The number of hydrogen-bond acceptors (Lipinski definition) is 2. The monoisotopic (exact) mass is 277 g/mol. The van der Waals surface area contributed by atoms with Crippen LogP contribution < -0.4 is 4.90 Å². The highest BCUT2D eigenvalue weighted by Gasteiger charge is 2.43. The lowest BCUT2D eigenvalue weighted by Crippen LogP contribution is -2.56. The molecular formula is C16H20FNO2. The largest absolute Gasteiger partial charge is 0.478 e. The van der Waals surface area contributed by atoms with Gasteiger partial charge < -0.3 is 10.0 Å². The summed E-state index contributed by atoms with van der Waals surface area (Å²) >= 11 is 0. The van der Waals surface area contributed by atoms with Crippen LogP contribution in [-0.4, -0.2) is 24.2 Å².